The van der Waals surface area contributed by atoms with Crippen LogP contribution in [0.2, 0.25) is 0 Å². The van der Waals surface area contributed by atoms with E-state index in [4.69, 9.17) is 5.11 Å². The summed E-state index contributed by atoms with van der Waals surface area (Å²) in [6.45, 7) is 4.50. The van der Waals surface area contributed by atoms with E-state index >= 15 is 0 Å². The normalized spacial score (nSPS) is 12.9. The van der Waals surface area contributed by atoms with Crippen LogP contribution in [0.5, 0.6) is 0 Å². The molecule has 0 aliphatic carbocycles. The van der Waals surface area contributed by atoms with E-state index < -0.39 is 6.10 Å². The fraction of sp³-hybridized carbons (Fsp3) is 0.600. The quantitative estimate of drug-likeness (QED) is 0.723. The number of aliphatic hydroxyl groups is 2. The van der Waals surface area contributed by atoms with Crippen LogP contribution in [0, 0.1) is 5.82 Å². The average molecular weight is 269 g/mol. The summed E-state index contributed by atoms with van der Waals surface area (Å²) in [5.41, 5.74) is 0.611. The zero-order valence-corrected chi connectivity index (χ0v) is 11.6. The predicted molar refractivity (Wildman–Crippen MR) is 74.4 cm³/mol. The van der Waals surface area contributed by atoms with Gasteiger partial charge in [-0.3, -0.25) is 0 Å². The van der Waals surface area contributed by atoms with Gasteiger partial charge in [0.1, 0.15) is 5.82 Å². The zero-order valence-electron chi connectivity index (χ0n) is 11.6. The van der Waals surface area contributed by atoms with Gasteiger partial charge >= 0.3 is 0 Å². The number of benzene rings is 1. The Morgan fingerprint density at radius 1 is 1.26 bits per heavy atom. The highest BCUT2D eigenvalue weighted by molar-refractivity contribution is 5.18. The van der Waals surface area contributed by atoms with Gasteiger partial charge < -0.3 is 15.1 Å². The van der Waals surface area contributed by atoms with Gasteiger partial charge in [0.15, 0.2) is 0 Å². The fourth-order valence-electron chi connectivity index (χ4n) is 2.04. The van der Waals surface area contributed by atoms with Crippen LogP contribution in [-0.2, 0) is 0 Å². The second-order valence-electron chi connectivity index (χ2n) is 4.78. The smallest absolute Gasteiger partial charge is 0.123 e. The first-order valence-corrected chi connectivity index (χ1v) is 6.94. The maximum Gasteiger partial charge on any atom is 0.123 e. The van der Waals surface area contributed by atoms with Crippen molar-refractivity contribution < 1.29 is 14.6 Å². The Balaban J connectivity index is 2.44. The highest BCUT2D eigenvalue weighted by Crippen LogP contribution is 2.17. The van der Waals surface area contributed by atoms with Crippen molar-refractivity contribution in [3.63, 3.8) is 0 Å². The summed E-state index contributed by atoms with van der Waals surface area (Å²) in [5.74, 6) is -0.324. The van der Waals surface area contributed by atoms with Crippen molar-refractivity contribution in [2.75, 3.05) is 26.2 Å². The van der Waals surface area contributed by atoms with Crippen molar-refractivity contribution in [1.82, 2.24) is 4.90 Å². The van der Waals surface area contributed by atoms with Gasteiger partial charge in [-0.2, -0.15) is 0 Å². The molecule has 0 bridgehead atoms. The maximum absolute atomic E-state index is 13.1. The Bertz CT molecular complexity index is 360. The molecule has 108 valence electrons. The lowest BCUT2D eigenvalue weighted by atomic mass is 10.1. The van der Waals surface area contributed by atoms with E-state index in [0.717, 1.165) is 19.4 Å². The first kappa shape index (κ1) is 16.1. The molecule has 0 aliphatic heterocycles. The fourth-order valence-corrected chi connectivity index (χ4v) is 2.04. The van der Waals surface area contributed by atoms with E-state index in [1.54, 1.807) is 12.1 Å². The summed E-state index contributed by atoms with van der Waals surface area (Å²) in [6.07, 6.45) is 2.08. The molecule has 4 heteroatoms. The van der Waals surface area contributed by atoms with E-state index in [9.17, 15) is 9.50 Å². The molecule has 0 saturated carbocycles. The molecular formula is C15H24FNO2. The first-order valence-electron chi connectivity index (χ1n) is 6.94. The minimum atomic E-state index is -0.654. The van der Waals surface area contributed by atoms with Gasteiger partial charge in [-0.1, -0.05) is 25.5 Å². The number of rotatable bonds is 9. The lowest BCUT2D eigenvalue weighted by Crippen LogP contribution is -2.30. The number of nitrogens with zero attached hydrogens (tertiary/aromatic N) is 1. The predicted octanol–water partition coefficient (Wildman–Crippen LogP) is 2.34. The Labute approximate surface area is 114 Å². The standard InChI is InChI=1S/C15H24FNO2/c1-2-3-8-17(10-11-18)9-7-15(19)13-5-4-6-14(16)12-13/h4-6,12,15,18-19H,2-3,7-11H2,1H3. The molecule has 0 saturated heterocycles. The van der Waals surface area contributed by atoms with Gasteiger partial charge in [0.25, 0.3) is 0 Å². The summed E-state index contributed by atoms with van der Waals surface area (Å²) in [7, 11) is 0. The molecule has 1 rings (SSSR count). The van der Waals surface area contributed by atoms with Gasteiger partial charge in [0.05, 0.1) is 12.7 Å². The van der Waals surface area contributed by atoms with Gasteiger partial charge in [0, 0.05) is 13.1 Å². The minimum Gasteiger partial charge on any atom is -0.395 e. The molecule has 1 aromatic carbocycles. The molecule has 1 atom stereocenters. The largest absolute Gasteiger partial charge is 0.395 e. The van der Waals surface area contributed by atoms with E-state index in [1.165, 1.54) is 12.1 Å². The van der Waals surface area contributed by atoms with E-state index in [0.29, 0.717) is 25.1 Å². The number of halogens is 1. The Morgan fingerprint density at radius 3 is 2.68 bits per heavy atom. The number of hydrogen-bond acceptors (Lipinski definition) is 3. The maximum atomic E-state index is 13.1. The Morgan fingerprint density at radius 2 is 2.05 bits per heavy atom. The van der Waals surface area contributed by atoms with Crippen molar-refractivity contribution in [3.8, 4) is 0 Å². The van der Waals surface area contributed by atoms with Crippen molar-refractivity contribution in [2.24, 2.45) is 0 Å². The third-order valence-electron chi connectivity index (χ3n) is 3.20. The van der Waals surface area contributed by atoms with Gasteiger partial charge in [-0.05, 0) is 37.1 Å². The molecule has 0 aromatic heterocycles. The summed E-state index contributed by atoms with van der Waals surface area (Å²) >= 11 is 0. The summed E-state index contributed by atoms with van der Waals surface area (Å²) in [6, 6.07) is 6.08. The third kappa shape index (κ3) is 6.14. The zero-order chi connectivity index (χ0) is 14.1. The van der Waals surface area contributed by atoms with Gasteiger partial charge in [-0.15, -0.1) is 0 Å². The third-order valence-corrected chi connectivity index (χ3v) is 3.20. The highest BCUT2D eigenvalue weighted by atomic mass is 19.1. The molecule has 0 spiro atoms. The minimum absolute atomic E-state index is 0.125. The molecule has 0 heterocycles. The topological polar surface area (TPSA) is 43.7 Å². The molecule has 3 nitrogen and oxygen atoms in total. The lowest BCUT2D eigenvalue weighted by Gasteiger charge is -2.22. The first-order chi connectivity index (χ1) is 9.17. The molecule has 0 aliphatic rings. The van der Waals surface area contributed by atoms with E-state index in [1.807, 2.05) is 0 Å². The highest BCUT2D eigenvalue weighted by Gasteiger charge is 2.11. The van der Waals surface area contributed by atoms with Crippen LogP contribution in [0.3, 0.4) is 0 Å². The van der Waals surface area contributed by atoms with E-state index in [2.05, 4.69) is 11.8 Å². The summed E-state index contributed by atoms with van der Waals surface area (Å²) in [4.78, 5) is 2.13. The SMILES string of the molecule is CCCCN(CCO)CCC(O)c1cccc(F)c1. The number of hydrogen-bond donors (Lipinski definition) is 2. The number of aliphatic hydroxyl groups excluding tert-OH is 2. The molecule has 0 radical (unpaired) electrons. The number of unbranched alkanes of at least 4 members (excludes halogenated alkanes) is 1. The summed E-state index contributed by atoms with van der Waals surface area (Å²) in [5, 5.41) is 19.0. The van der Waals surface area contributed by atoms with Crippen LogP contribution in [0.25, 0.3) is 0 Å². The average Bonchev–Trinajstić information content (AvgIpc) is 2.41. The van der Waals surface area contributed by atoms with Gasteiger partial charge in [0.2, 0.25) is 0 Å². The Hall–Kier alpha value is -0.970. The molecule has 1 unspecified atom stereocenters. The van der Waals surface area contributed by atoms with Crippen LogP contribution in [0.4, 0.5) is 4.39 Å². The monoisotopic (exact) mass is 269 g/mol. The van der Waals surface area contributed by atoms with Crippen molar-refractivity contribution >= 4 is 0 Å². The molecule has 19 heavy (non-hydrogen) atoms. The lowest BCUT2D eigenvalue weighted by molar-refractivity contribution is 0.130. The van der Waals surface area contributed by atoms with Gasteiger partial charge in [-0.25, -0.2) is 4.39 Å². The van der Waals surface area contributed by atoms with Crippen LogP contribution in [0.1, 0.15) is 37.9 Å². The molecule has 0 fully saturated rings. The van der Waals surface area contributed by atoms with E-state index in [-0.39, 0.29) is 12.4 Å². The molecule has 0 amide bonds. The van der Waals surface area contributed by atoms with Crippen LogP contribution in [-0.4, -0.2) is 41.4 Å². The van der Waals surface area contributed by atoms with Crippen molar-refractivity contribution in [2.45, 2.75) is 32.3 Å². The Kier molecular flexibility index (Phi) is 7.63. The van der Waals surface area contributed by atoms with Crippen LogP contribution in [0.15, 0.2) is 24.3 Å². The van der Waals surface area contributed by atoms with Crippen molar-refractivity contribution in [3.05, 3.63) is 35.6 Å². The second-order valence-corrected chi connectivity index (χ2v) is 4.78. The molecule has 1 aromatic rings. The molecule has 2 N–H and O–H groups in total. The van der Waals surface area contributed by atoms with Crippen LogP contribution < -0.4 is 0 Å². The molecular weight excluding hydrogens is 245 g/mol. The van der Waals surface area contributed by atoms with Crippen molar-refractivity contribution in [1.29, 1.82) is 0 Å². The second kappa shape index (κ2) is 9.02. The van der Waals surface area contributed by atoms with Crippen LogP contribution >= 0.6 is 0 Å². The summed E-state index contributed by atoms with van der Waals surface area (Å²) < 4.78 is 13.1.